The van der Waals surface area contributed by atoms with Gasteiger partial charge in [-0.2, -0.15) is 0 Å². The van der Waals surface area contributed by atoms with Gasteiger partial charge in [-0.25, -0.2) is 4.90 Å². The highest BCUT2D eigenvalue weighted by Gasteiger charge is 2.57. The Bertz CT molecular complexity index is 1880. The molecule has 0 radical (unpaired) electrons. The lowest BCUT2D eigenvalue weighted by molar-refractivity contribution is -0.384. The van der Waals surface area contributed by atoms with Gasteiger partial charge in [-0.3, -0.25) is 33.9 Å². The van der Waals surface area contributed by atoms with Crippen LogP contribution in [0.2, 0.25) is 10.0 Å². The van der Waals surface area contributed by atoms with E-state index in [4.69, 9.17) is 23.2 Å². The number of aromatic nitrogens is 1. The molecule has 2 aliphatic heterocycles. The van der Waals surface area contributed by atoms with Crippen LogP contribution >= 0.6 is 46.3 Å². The maximum Gasteiger partial charge on any atom is 0.308 e. The number of fused-ring (bicyclic) bond motifs is 2. The van der Waals surface area contributed by atoms with Crippen LogP contribution in [0.1, 0.15) is 16.4 Å². The number of phenolic OH excluding ortho intramolecular Hbond substituents is 1. The molecule has 6 rings (SSSR count). The first-order chi connectivity index (χ1) is 20.5. The number of carbonyl (C=O) groups is 3. The number of rotatable bonds is 6. The molecular weight excluding hydrogens is 639 g/mol. The van der Waals surface area contributed by atoms with Crippen molar-refractivity contribution in [2.45, 2.75) is 22.7 Å². The lowest BCUT2D eigenvalue weighted by Gasteiger charge is -2.31. The lowest BCUT2D eigenvalue weighted by Crippen LogP contribution is -2.33. The highest BCUT2D eigenvalue weighted by Crippen LogP contribution is 2.55. The summed E-state index contributed by atoms with van der Waals surface area (Å²) >= 11 is 14.8. The molecular formula is C28H18Cl2N4O7S2. The first-order valence-electron chi connectivity index (χ1n) is 12.6. The number of nitro benzene ring substituents is 1. The zero-order chi connectivity index (χ0) is 30.6. The molecule has 1 fully saturated rings. The summed E-state index contributed by atoms with van der Waals surface area (Å²) in [6.07, 6.45) is 0. The third-order valence-electron chi connectivity index (χ3n) is 7.14. The summed E-state index contributed by atoms with van der Waals surface area (Å²) < 4.78 is 1.26. The van der Waals surface area contributed by atoms with Gasteiger partial charge in [-0.15, -0.1) is 0 Å². The minimum absolute atomic E-state index is 0.0244. The molecule has 0 saturated carbocycles. The van der Waals surface area contributed by atoms with E-state index >= 15 is 0 Å². The third kappa shape index (κ3) is 5.07. The molecule has 0 unspecified atom stereocenters. The summed E-state index contributed by atoms with van der Waals surface area (Å²) in [5.74, 6) is -3.44. The number of aromatic hydroxyl groups is 1. The van der Waals surface area contributed by atoms with Crippen molar-refractivity contribution in [3.63, 3.8) is 0 Å². The fourth-order valence-electron chi connectivity index (χ4n) is 5.22. The van der Waals surface area contributed by atoms with Crippen molar-refractivity contribution >= 4 is 81.1 Å². The Hall–Kier alpha value is -4.17. The predicted octanol–water partition coefficient (Wildman–Crippen LogP) is 5.26. The monoisotopic (exact) mass is 656 g/mol. The van der Waals surface area contributed by atoms with Gasteiger partial charge in [0.05, 0.1) is 31.6 Å². The van der Waals surface area contributed by atoms with Gasteiger partial charge < -0.3 is 10.4 Å². The maximum atomic E-state index is 14.0. The number of hydrogen-bond acceptors (Lipinski definition) is 9. The molecule has 0 spiro atoms. The van der Waals surface area contributed by atoms with Crippen LogP contribution in [0.5, 0.6) is 5.75 Å². The second-order valence-corrected chi connectivity index (χ2v) is 12.6. The number of thiazole rings is 1. The van der Waals surface area contributed by atoms with Gasteiger partial charge in [0, 0.05) is 28.6 Å². The van der Waals surface area contributed by atoms with Crippen molar-refractivity contribution < 1.29 is 24.4 Å². The largest absolute Gasteiger partial charge is 0.508 e. The summed E-state index contributed by atoms with van der Waals surface area (Å²) in [7, 11) is 0. The van der Waals surface area contributed by atoms with Crippen LogP contribution in [0.4, 0.5) is 17.1 Å². The second kappa shape index (κ2) is 11.2. The average molecular weight is 658 g/mol. The number of phenols is 1. The van der Waals surface area contributed by atoms with Gasteiger partial charge in [-0.05, 0) is 48.0 Å². The van der Waals surface area contributed by atoms with E-state index in [0.29, 0.717) is 21.2 Å². The van der Waals surface area contributed by atoms with Crippen molar-refractivity contribution in [1.29, 1.82) is 0 Å². The number of amides is 3. The van der Waals surface area contributed by atoms with Gasteiger partial charge in [0.2, 0.25) is 17.7 Å². The number of benzene rings is 3. The minimum Gasteiger partial charge on any atom is -0.508 e. The van der Waals surface area contributed by atoms with Crippen LogP contribution in [-0.4, -0.2) is 37.6 Å². The van der Waals surface area contributed by atoms with Gasteiger partial charge in [-0.1, -0.05) is 58.4 Å². The van der Waals surface area contributed by atoms with Gasteiger partial charge in [0.25, 0.3) is 5.69 Å². The highest BCUT2D eigenvalue weighted by atomic mass is 35.5. The molecule has 3 atom stereocenters. The Morgan fingerprint density at radius 1 is 1.00 bits per heavy atom. The molecule has 1 aromatic heterocycles. The Labute approximate surface area is 260 Å². The topological polar surface area (TPSA) is 152 Å². The Morgan fingerprint density at radius 2 is 1.70 bits per heavy atom. The van der Waals surface area contributed by atoms with Crippen molar-refractivity contribution in [3.05, 3.63) is 107 Å². The molecule has 4 aromatic rings. The molecule has 0 bridgehead atoms. The van der Waals surface area contributed by atoms with Crippen LogP contribution in [0, 0.1) is 16.0 Å². The third-order valence-corrected chi connectivity index (χ3v) is 10.6. The summed E-state index contributed by atoms with van der Waals surface area (Å²) in [4.78, 5) is 65.6. The van der Waals surface area contributed by atoms with Crippen molar-refractivity contribution in [2.24, 2.45) is 5.92 Å². The number of anilines is 2. The number of nitrogens with one attached hydrogen (secondary N) is 1. The van der Waals surface area contributed by atoms with E-state index in [-0.39, 0.29) is 33.7 Å². The fourth-order valence-corrected chi connectivity index (χ4v) is 8.41. The lowest BCUT2D eigenvalue weighted by atomic mass is 9.83. The number of halogens is 2. The number of nitrogens with zero attached hydrogens (tertiary/aromatic N) is 3. The van der Waals surface area contributed by atoms with Crippen LogP contribution < -0.4 is 15.1 Å². The minimum atomic E-state index is -0.990. The molecule has 43 heavy (non-hydrogen) atoms. The maximum absolute atomic E-state index is 14.0. The quantitative estimate of drug-likeness (QED) is 0.123. The number of nitro groups is 1. The number of hydrogen-bond donors (Lipinski definition) is 2. The molecule has 3 amide bonds. The zero-order valence-corrected chi connectivity index (χ0v) is 24.7. The Balaban J connectivity index is 1.42. The first-order valence-corrected chi connectivity index (χ1v) is 15.1. The molecule has 0 aliphatic carbocycles. The van der Waals surface area contributed by atoms with Crippen LogP contribution in [-0.2, 0) is 20.9 Å². The van der Waals surface area contributed by atoms with E-state index in [1.807, 2.05) is 0 Å². The van der Waals surface area contributed by atoms with Crippen molar-refractivity contribution in [3.8, 4) is 5.75 Å². The molecule has 3 aromatic carbocycles. The number of non-ortho nitro benzene ring substituents is 1. The van der Waals surface area contributed by atoms with Crippen LogP contribution in [0.3, 0.4) is 0 Å². The molecule has 11 nitrogen and oxygen atoms in total. The summed E-state index contributed by atoms with van der Waals surface area (Å²) in [6.45, 7) is -0.375. The van der Waals surface area contributed by atoms with Gasteiger partial charge in [0.15, 0.2) is 0 Å². The van der Waals surface area contributed by atoms with Crippen LogP contribution in [0.15, 0.2) is 76.6 Å². The number of thioether (sulfide) groups is 1. The molecule has 15 heteroatoms. The highest BCUT2D eigenvalue weighted by molar-refractivity contribution is 8.00. The van der Waals surface area contributed by atoms with Gasteiger partial charge >= 0.3 is 4.87 Å². The molecule has 2 aliphatic rings. The van der Waals surface area contributed by atoms with E-state index in [9.17, 15) is 34.4 Å². The number of imide groups is 1. The smallest absolute Gasteiger partial charge is 0.308 e. The van der Waals surface area contributed by atoms with E-state index in [2.05, 4.69) is 5.32 Å². The van der Waals surface area contributed by atoms with E-state index in [1.54, 1.807) is 18.2 Å². The Morgan fingerprint density at radius 3 is 2.37 bits per heavy atom. The second-order valence-electron chi connectivity index (χ2n) is 9.69. The average Bonchev–Trinajstić information content (AvgIpc) is 3.42. The molecule has 1 saturated heterocycles. The molecule has 3 heterocycles. The fraction of sp³-hybridized carbons (Fsp3) is 0.143. The summed E-state index contributed by atoms with van der Waals surface area (Å²) in [6, 6.07) is 15.8. The van der Waals surface area contributed by atoms with Crippen molar-refractivity contribution in [2.75, 3.05) is 10.2 Å². The molecule has 2 N–H and O–H groups in total. The molecule has 218 valence electrons. The number of carbonyl (C=O) groups excluding carboxylic acids is 3. The first kappa shape index (κ1) is 28.9. The standard InChI is InChI=1S/C28H18Cl2N4O7S2/c29-18-3-1-2-17(22(18)30)20-21-23(26(38)33(25(21)37)14-6-8-15(9-7-14)34(40)41)42-27-24(20)43-28(39)32(27)12-19(36)31-13-4-10-16(35)11-5-13/h1-11,20-21,23,35H,12H2,(H,31,36)/t20-,21-,23+/m0/s1. The zero-order valence-electron chi connectivity index (χ0n) is 21.6. The van der Waals surface area contributed by atoms with E-state index < -0.39 is 44.6 Å². The van der Waals surface area contributed by atoms with Crippen molar-refractivity contribution in [1.82, 2.24) is 4.57 Å². The van der Waals surface area contributed by atoms with Gasteiger partial charge in [0.1, 0.15) is 17.5 Å². The Kier molecular flexibility index (Phi) is 7.50. The summed E-state index contributed by atoms with van der Waals surface area (Å²) in [5, 5.41) is 23.1. The van der Waals surface area contributed by atoms with Crippen LogP contribution in [0.25, 0.3) is 0 Å². The SMILES string of the molecule is O=C(Cn1c2c(sc1=O)[C@@H](c1cccc(Cl)c1Cl)[C@@H]1C(=O)N(c3ccc([N+](=O)[O-])cc3)C(=O)[C@@H]1S2)Nc1ccc(O)cc1. The predicted molar refractivity (Wildman–Crippen MR) is 162 cm³/mol. The summed E-state index contributed by atoms with van der Waals surface area (Å²) in [5.41, 5.74) is 0.821. The normalized spacial score (nSPS) is 19.2. The van der Waals surface area contributed by atoms with E-state index in [1.165, 1.54) is 53.1 Å². The van der Waals surface area contributed by atoms with E-state index in [0.717, 1.165) is 28.0 Å².